The highest BCUT2D eigenvalue weighted by Crippen LogP contribution is 2.27. The van der Waals surface area contributed by atoms with Gasteiger partial charge in [-0.3, -0.25) is 4.79 Å². The number of hydrogen-bond acceptors (Lipinski definition) is 4. The van der Waals surface area contributed by atoms with Crippen LogP contribution in [0.4, 0.5) is 0 Å². The summed E-state index contributed by atoms with van der Waals surface area (Å²) in [7, 11) is -3.61. The fourth-order valence-corrected chi connectivity index (χ4v) is 4.70. The van der Waals surface area contributed by atoms with Gasteiger partial charge < -0.3 is 10.2 Å². The van der Waals surface area contributed by atoms with E-state index in [9.17, 15) is 13.2 Å². The molecule has 2 fully saturated rings. The van der Waals surface area contributed by atoms with Gasteiger partial charge in [0.15, 0.2) is 0 Å². The molecule has 1 saturated heterocycles. The summed E-state index contributed by atoms with van der Waals surface area (Å²) >= 11 is 6.02. The normalized spacial score (nSPS) is 18.7. The number of nitrogens with one attached hydrogen (secondary N) is 1. The molecule has 0 spiro atoms. The van der Waals surface area contributed by atoms with Gasteiger partial charge in [0.25, 0.3) is 0 Å². The van der Waals surface area contributed by atoms with Crippen molar-refractivity contribution >= 4 is 39.9 Å². The second-order valence-electron chi connectivity index (χ2n) is 6.29. The Kier molecular flexibility index (Phi) is 7.10. The van der Waals surface area contributed by atoms with Gasteiger partial charge in [0.05, 0.1) is 11.6 Å². The highest BCUT2D eigenvalue weighted by molar-refractivity contribution is 7.89. The van der Waals surface area contributed by atoms with Crippen molar-refractivity contribution in [2.24, 2.45) is 5.92 Å². The Morgan fingerprint density at radius 1 is 1.16 bits per heavy atom. The van der Waals surface area contributed by atoms with E-state index in [0.29, 0.717) is 32.7 Å². The van der Waals surface area contributed by atoms with E-state index in [1.54, 1.807) is 23.1 Å². The number of benzene rings is 1. The number of carbonyl (C=O) groups is 1. The minimum atomic E-state index is -3.61. The lowest BCUT2D eigenvalue weighted by molar-refractivity contribution is -0.131. The van der Waals surface area contributed by atoms with E-state index in [-0.39, 0.29) is 28.2 Å². The maximum atomic E-state index is 12.7. The summed E-state index contributed by atoms with van der Waals surface area (Å²) in [6.07, 6.45) is 2.50. The third kappa shape index (κ3) is 5.08. The first-order chi connectivity index (χ1) is 11.5. The molecular weight excluding hydrogens is 385 g/mol. The monoisotopic (exact) mass is 407 g/mol. The second kappa shape index (κ2) is 8.68. The zero-order chi connectivity index (χ0) is 17.2. The fraction of sp³-hybridized carbons (Fsp3) is 0.562. The van der Waals surface area contributed by atoms with Crippen molar-refractivity contribution in [1.82, 2.24) is 14.5 Å². The smallest absolute Gasteiger partial charge is 0.244 e. The van der Waals surface area contributed by atoms with Crippen LogP contribution in [0.15, 0.2) is 29.2 Å². The van der Waals surface area contributed by atoms with Gasteiger partial charge >= 0.3 is 0 Å². The number of nitrogens with zero attached hydrogens (tertiary/aromatic N) is 2. The number of hydrogen-bond donors (Lipinski definition) is 1. The lowest BCUT2D eigenvalue weighted by Crippen LogP contribution is -2.52. The van der Waals surface area contributed by atoms with Crippen LogP contribution in [0.5, 0.6) is 0 Å². The van der Waals surface area contributed by atoms with Crippen molar-refractivity contribution in [1.29, 1.82) is 0 Å². The first-order valence-corrected chi connectivity index (χ1v) is 10.0. The zero-order valence-electron chi connectivity index (χ0n) is 13.9. The number of carbonyl (C=O) groups excluding carboxylic acids is 1. The van der Waals surface area contributed by atoms with Gasteiger partial charge in [-0.2, -0.15) is 4.31 Å². The molecule has 1 heterocycles. The summed E-state index contributed by atoms with van der Waals surface area (Å²) in [5.74, 6) is 0.765. The van der Waals surface area contributed by atoms with Gasteiger partial charge in [0.2, 0.25) is 15.9 Å². The van der Waals surface area contributed by atoms with Crippen molar-refractivity contribution in [2.45, 2.75) is 17.7 Å². The number of piperazine rings is 1. The van der Waals surface area contributed by atoms with Gasteiger partial charge in [0, 0.05) is 26.2 Å². The largest absolute Gasteiger partial charge is 0.339 e. The van der Waals surface area contributed by atoms with E-state index in [4.69, 9.17) is 11.6 Å². The Bertz CT molecular complexity index is 702. The van der Waals surface area contributed by atoms with Gasteiger partial charge in [-0.15, -0.1) is 12.4 Å². The Balaban J connectivity index is 0.00000225. The predicted octanol–water partition coefficient (Wildman–Crippen LogP) is 1.59. The summed E-state index contributed by atoms with van der Waals surface area (Å²) < 4.78 is 26.7. The molecule has 1 N–H and O–H groups in total. The fourth-order valence-electron chi connectivity index (χ4n) is 2.79. The standard InChI is InChI=1S/C16H22ClN3O3S.ClH/c17-14-3-1-2-4-15(14)24(22,23)20-9-7-19(8-10-20)16(21)12-18-11-13-5-6-13;/h1-4,13,18H,5-12H2;1H. The predicted molar refractivity (Wildman–Crippen MR) is 99.6 cm³/mol. The summed E-state index contributed by atoms with van der Waals surface area (Å²) in [6.45, 7) is 2.63. The van der Waals surface area contributed by atoms with E-state index >= 15 is 0 Å². The molecule has 1 amide bonds. The van der Waals surface area contributed by atoms with Crippen LogP contribution >= 0.6 is 24.0 Å². The van der Waals surface area contributed by atoms with Crippen LogP contribution in [0.1, 0.15) is 12.8 Å². The van der Waals surface area contributed by atoms with Crippen molar-refractivity contribution in [2.75, 3.05) is 39.3 Å². The van der Waals surface area contributed by atoms with Crippen LogP contribution in [0.2, 0.25) is 5.02 Å². The maximum Gasteiger partial charge on any atom is 0.244 e. The van der Waals surface area contributed by atoms with Crippen LogP contribution < -0.4 is 5.32 Å². The molecule has 1 saturated carbocycles. The van der Waals surface area contributed by atoms with Crippen molar-refractivity contribution in [3.8, 4) is 0 Å². The SMILES string of the molecule is Cl.O=C(CNCC1CC1)N1CCN(S(=O)(=O)c2ccccc2Cl)CC1. The number of halogens is 2. The van der Waals surface area contributed by atoms with E-state index < -0.39 is 10.0 Å². The van der Waals surface area contributed by atoms with E-state index in [2.05, 4.69) is 5.32 Å². The molecule has 9 heteroatoms. The van der Waals surface area contributed by atoms with Gasteiger partial charge in [-0.1, -0.05) is 23.7 Å². The Hall–Kier alpha value is -0.860. The molecule has 3 rings (SSSR count). The zero-order valence-corrected chi connectivity index (χ0v) is 16.2. The molecule has 1 aliphatic heterocycles. The lowest BCUT2D eigenvalue weighted by atomic mass is 10.3. The van der Waals surface area contributed by atoms with Crippen molar-refractivity contribution in [3.05, 3.63) is 29.3 Å². The van der Waals surface area contributed by atoms with E-state index in [1.165, 1.54) is 23.2 Å². The van der Waals surface area contributed by atoms with Crippen molar-refractivity contribution < 1.29 is 13.2 Å². The number of amides is 1. The molecule has 25 heavy (non-hydrogen) atoms. The second-order valence-corrected chi connectivity index (χ2v) is 8.60. The summed E-state index contributed by atoms with van der Waals surface area (Å²) in [5.41, 5.74) is 0. The molecular formula is C16H23Cl2N3O3S. The molecule has 0 radical (unpaired) electrons. The summed E-state index contributed by atoms with van der Waals surface area (Å²) in [5, 5.41) is 3.40. The maximum absolute atomic E-state index is 12.7. The van der Waals surface area contributed by atoms with Gasteiger partial charge in [-0.25, -0.2) is 8.42 Å². The quantitative estimate of drug-likeness (QED) is 0.777. The first kappa shape index (κ1) is 20.5. The first-order valence-electron chi connectivity index (χ1n) is 8.21. The van der Waals surface area contributed by atoms with Crippen LogP contribution in [-0.2, 0) is 14.8 Å². The molecule has 1 aromatic carbocycles. The topological polar surface area (TPSA) is 69.7 Å². The molecule has 6 nitrogen and oxygen atoms in total. The molecule has 0 aromatic heterocycles. The highest BCUT2D eigenvalue weighted by atomic mass is 35.5. The van der Waals surface area contributed by atoms with Crippen LogP contribution in [-0.4, -0.2) is 62.8 Å². The molecule has 2 aliphatic rings. The lowest BCUT2D eigenvalue weighted by Gasteiger charge is -2.34. The number of rotatable bonds is 6. The Labute approximate surface area is 160 Å². The third-order valence-electron chi connectivity index (χ3n) is 4.45. The average Bonchev–Trinajstić information content (AvgIpc) is 3.39. The minimum absolute atomic E-state index is 0. The highest BCUT2D eigenvalue weighted by Gasteiger charge is 2.31. The van der Waals surface area contributed by atoms with Crippen LogP contribution in [0.25, 0.3) is 0 Å². The average molecular weight is 408 g/mol. The molecule has 1 aliphatic carbocycles. The summed E-state index contributed by atoms with van der Waals surface area (Å²) in [6, 6.07) is 6.44. The third-order valence-corrected chi connectivity index (χ3v) is 6.85. The summed E-state index contributed by atoms with van der Waals surface area (Å²) in [4.78, 5) is 14.0. The Morgan fingerprint density at radius 3 is 2.40 bits per heavy atom. The molecule has 140 valence electrons. The van der Waals surface area contributed by atoms with E-state index in [0.717, 1.165) is 12.5 Å². The molecule has 0 bridgehead atoms. The molecule has 0 atom stereocenters. The van der Waals surface area contributed by atoms with Crippen LogP contribution in [0.3, 0.4) is 0 Å². The number of sulfonamides is 1. The molecule has 1 aromatic rings. The van der Waals surface area contributed by atoms with Crippen LogP contribution in [0, 0.1) is 5.92 Å². The van der Waals surface area contributed by atoms with E-state index in [1.807, 2.05) is 0 Å². The minimum Gasteiger partial charge on any atom is -0.339 e. The molecule has 0 unspecified atom stereocenters. The van der Waals surface area contributed by atoms with Crippen molar-refractivity contribution in [3.63, 3.8) is 0 Å². The van der Waals surface area contributed by atoms with Gasteiger partial charge in [-0.05, 0) is 37.4 Å². The Morgan fingerprint density at radius 2 is 1.80 bits per heavy atom. The van der Waals surface area contributed by atoms with Gasteiger partial charge in [0.1, 0.15) is 4.90 Å².